The summed E-state index contributed by atoms with van der Waals surface area (Å²) in [5, 5.41) is 6.64. The van der Waals surface area contributed by atoms with Crippen LogP contribution in [-0.4, -0.2) is 64.3 Å². The molecule has 1 N–H and O–H groups in total. The summed E-state index contributed by atoms with van der Waals surface area (Å²) >= 11 is 0. The molecule has 9 heteroatoms. The van der Waals surface area contributed by atoms with Crippen LogP contribution < -0.4 is 5.32 Å². The maximum Gasteiger partial charge on any atom is 0.273 e. The Morgan fingerprint density at radius 2 is 1.77 bits per heavy atom. The highest BCUT2D eigenvalue weighted by Crippen LogP contribution is 2.23. The first-order valence-electron chi connectivity index (χ1n) is 10.4. The van der Waals surface area contributed by atoms with Gasteiger partial charge in [0.05, 0.1) is 11.1 Å². The van der Waals surface area contributed by atoms with Crippen molar-refractivity contribution in [3.8, 4) is 0 Å². The van der Waals surface area contributed by atoms with Crippen molar-refractivity contribution in [2.75, 3.05) is 19.6 Å². The Morgan fingerprint density at radius 3 is 2.35 bits per heavy atom. The first-order valence-corrected chi connectivity index (χ1v) is 10.4. The lowest BCUT2D eigenvalue weighted by molar-refractivity contribution is -0.132. The van der Waals surface area contributed by atoms with Crippen molar-refractivity contribution >= 4 is 23.6 Å². The minimum absolute atomic E-state index is 0.00601. The lowest BCUT2D eigenvalue weighted by Crippen LogP contribution is -2.46. The van der Waals surface area contributed by atoms with Crippen LogP contribution in [0.15, 0.2) is 34.9 Å². The summed E-state index contributed by atoms with van der Waals surface area (Å²) in [4.78, 5) is 52.4. The number of likely N-dealkylation sites (tertiary alicyclic amines) is 1. The summed E-state index contributed by atoms with van der Waals surface area (Å²) < 4.78 is 4.92. The number of aromatic nitrogens is 1. The lowest BCUT2D eigenvalue weighted by Gasteiger charge is -2.32. The maximum atomic E-state index is 12.5. The van der Waals surface area contributed by atoms with Crippen molar-refractivity contribution in [3.63, 3.8) is 0 Å². The van der Waals surface area contributed by atoms with Crippen LogP contribution in [-0.2, 0) is 4.79 Å². The highest BCUT2D eigenvalue weighted by molar-refractivity contribution is 6.21. The fourth-order valence-electron chi connectivity index (χ4n) is 3.99. The first kappa shape index (κ1) is 20.8. The molecule has 1 aromatic heterocycles. The van der Waals surface area contributed by atoms with Crippen molar-refractivity contribution in [1.82, 2.24) is 20.3 Å². The molecule has 0 atom stereocenters. The Bertz CT molecular complexity index is 987. The number of nitrogens with zero attached hydrogens (tertiary/aromatic N) is 3. The standard InChI is InChI=1S/C22H24N4O5/c1-14-13-18(24-31-14)20(28)23-15-8-11-25(12-9-15)19(27)7-4-10-26-21(29)16-5-2-3-6-17(16)22(26)30/h2-3,5-6,13,15H,4,7-12H2,1H3,(H,23,28). The summed E-state index contributed by atoms with van der Waals surface area (Å²) in [6.07, 6.45) is 2.01. The summed E-state index contributed by atoms with van der Waals surface area (Å²) in [5.41, 5.74) is 1.09. The molecule has 3 heterocycles. The zero-order valence-corrected chi connectivity index (χ0v) is 17.3. The van der Waals surface area contributed by atoms with E-state index in [0.29, 0.717) is 49.2 Å². The largest absolute Gasteiger partial charge is 0.361 e. The Morgan fingerprint density at radius 1 is 1.13 bits per heavy atom. The third-order valence-electron chi connectivity index (χ3n) is 5.69. The number of hydrogen-bond acceptors (Lipinski definition) is 6. The van der Waals surface area contributed by atoms with Crippen LogP contribution in [0.25, 0.3) is 0 Å². The second kappa shape index (κ2) is 8.71. The van der Waals surface area contributed by atoms with Crippen LogP contribution in [0.2, 0.25) is 0 Å². The fraction of sp³-hybridized carbons (Fsp3) is 0.409. The molecule has 0 saturated carbocycles. The maximum absolute atomic E-state index is 12.5. The molecule has 2 aliphatic rings. The SMILES string of the molecule is Cc1cc(C(=O)NC2CCN(C(=O)CCCN3C(=O)c4ccccc4C3=O)CC2)no1. The minimum atomic E-state index is -0.299. The molecule has 0 radical (unpaired) electrons. The number of carbonyl (C=O) groups excluding carboxylic acids is 4. The van der Waals surface area contributed by atoms with E-state index in [1.165, 1.54) is 4.90 Å². The van der Waals surface area contributed by atoms with Crippen LogP contribution in [0, 0.1) is 6.92 Å². The topological polar surface area (TPSA) is 113 Å². The highest BCUT2D eigenvalue weighted by atomic mass is 16.5. The Kier molecular flexibility index (Phi) is 5.83. The lowest BCUT2D eigenvalue weighted by atomic mass is 10.0. The number of carbonyl (C=O) groups is 4. The number of amides is 4. The van der Waals surface area contributed by atoms with Gasteiger partial charge in [0.25, 0.3) is 17.7 Å². The van der Waals surface area contributed by atoms with Gasteiger partial charge in [-0.05, 0) is 38.3 Å². The Balaban J connectivity index is 1.20. The molecule has 4 amide bonds. The minimum Gasteiger partial charge on any atom is -0.361 e. The molecule has 31 heavy (non-hydrogen) atoms. The van der Waals surface area contributed by atoms with Crippen LogP contribution >= 0.6 is 0 Å². The number of fused-ring (bicyclic) bond motifs is 1. The van der Waals surface area contributed by atoms with E-state index < -0.39 is 0 Å². The van der Waals surface area contributed by atoms with Crippen LogP contribution in [0.4, 0.5) is 0 Å². The van der Waals surface area contributed by atoms with Gasteiger partial charge in [-0.25, -0.2) is 0 Å². The zero-order valence-electron chi connectivity index (χ0n) is 17.3. The third-order valence-corrected chi connectivity index (χ3v) is 5.69. The van der Waals surface area contributed by atoms with E-state index in [2.05, 4.69) is 10.5 Å². The molecule has 0 aliphatic carbocycles. The molecule has 2 aliphatic heterocycles. The Hall–Kier alpha value is -3.49. The van der Waals surface area contributed by atoms with Crippen molar-refractivity contribution in [1.29, 1.82) is 0 Å². The average Bonchev–Trinajstić information content (AvgIpc) is 3.31. The first-order chi connectivity index (χ1) is 14.9. The molecule has 0 bridgehead atoms. The van der Waals surface area contributed by atoms with Gasteiger partial charge < -0.3 is 14.7 Å². The summed E-state index contributed by atoms with van der Waals surface area (Å²) in [6.45, 7) is 3.05. The van der Waals surface area contributed by atoms with Crippen LogP contribution in [0.5, 0.6) is 0 Å². The van der Waals surface area contributed by atoms with Gasteiger partial charge in [0.15, 0.2) is 5.69 Å². The number of piperidine rings is 1. The highest BCUT2D eigenvalue weighted by Gasteiger charge is 2.34. The third kappa shape index (κ3) is 4.35. The molecule has 1 fully saturated rings. The predicted octanol–water partition coefficient (Wildman–Crippen LogP) is 1.78. The number of rotatable bonds is 6. The molecule has 162 valence electrons. The van der Waals surface area contributed by atoms with Gasteiger partial charge in [-0.2, -0.15) is 0 Å². The van der Waals surface area contributed by atoms with Gasteiger partial charge in [-0.1, -0.05) is 17.3 Å². The van der Waals surface area contributed by atoms with Gasteiger partial charge >= 0.3 is 0 Å². The van der Waals surface area contributed by atoms with Gasteiger partial charge in [0.1, 0.15) is 5.76 Å². The molecule has 0 spiro atoms. The molecule has 1 saturated heterocycles. The van der Waals surface area contributed by atoms with E-state index in [0.717, 1.165) is 0 Å². The average molecular weight is 424 g/mol. The van der Waals surface area contributed by atoms with E-state index in [1.54, 1.807) is 42.2 Å². The van der Waals surface area contributed by atoms with E-state index in [-0.39, 0.29) is 48.3 Å². The normalized spacial score (nSPS) is 16.5. The molecule has 1 aromatic carbocycles. The second-order valence-electron chi connectivity index (χ2n) is 7.86. The summed E-state index contributed by atoms with van der Waals surface area (Å²) in [7, 11) is 0. The quantitative estimate of drug-likeness (QED) is 0.708. The van der Waals surface area contributed by atoms with Gasteiger partial charge in [-0.15, -0.1) is 0 Å². The molecule has 2 aromatic rings. The van der Waals surface area contributed by atoms with Crippen LogP contribution in [0.3, 0.4) is 0 Å². The van der Waals surface area contributed by atoms with Crippen molar-refractivity contribution in [3.05, 3.63) is 52.9 Å². The molecule has 9 nitrogen and oxygen atoms in total. The Labute approximate surface area is 179 Å². The van der Waals surface area contributed by atoms with E-state index in [1.807, 2.05) is 0 Å². The van der Waals surface area contributed by atoms with E-state index in [9.17, 15) is 19.2 Å². The number of benzene rings is 1. The predicted molar refractivity (Wildman–Crippen MR) is 109 cm³/mol. The monoisotopic (exact) mass is 424 g/mol. The van der Waals surface area contributed by atoms with Gasteiger partial charge in [0.2, 0.25) is 5.91 Å². The van der Waals surface area contributed by atoms with E-state index >= 15 is 0 Å². The molecule has 0 unspecified atom stereocenters. The fourth-order valence-corrected chi connectivity index (χ4v) is 3.99. The smallest absolute Gasteiger partial charge is 0.273 e. The molecular weight excluding hydrogens is 400 g/mol. The number of imide groups is 1. The van der Waals surface area contributed by atoms with Gasteiger partial charge in [0, 0.05) is 38.2 Å². The number of hydrogen-bond donors (Lipinski definition) is 1. The summed E-state index contributed by atoms with van der Waals surface area (Å²) in [5.74, 6) is -0.304. The second-order valence-corrected chi connectivity index (χ2v) is 7.86. The van der Waals surface area contributed by atoms with Crippen LogP contribution in [0.1, 0.15) is 62.6 Å². The molecular formula is C22H24N4O5. The van der Waals surface area contributed by atoms with Crippen molar-refractivity contribution in [2.24, 2.45) is 0 Å². The van der Waals surface area contributed by atoms with Crippen molar-refractivity contribution in [2.45, 2.75) is 38.6 Å². The van der Waals surface area contributed by atoms with E-state index in [4.69, 9.17) is 4.52 Å². The zero-order chi connectivity index (χ0) is 22.0. The summed E-state index contributed by atoms with van der Waals surface area (Å²) in [6, 6.07) is 8.32. The van der Waals surface area contributed by atoms with Gasteiger partial charge in [-0.3, -0.25) is 24.1 Å². The number of nitrogens with one attached hydrogen (secondary N) is 1. The van der Waals surface area contributed by atoms with Crippen molar-refractivity contribution < 1.29 is 23.7 Å². The number of aryl methyl sites for hydroxylation is 1. The molecule has 4 rings (SSSR count).